The minimum absolute atomic E-state index is 0.00756. The second kappa shape index (κ2) is 6.42. The van der Waals surface area contributed by atoms with E-state index in [1.54, 1.807) is 6.07 Å². The maximum atomic E-state index is 13.9. The number of aromatic nitrogens is 1. The van der Waals surface area contributed by atoms with Gasteiger partial charge in [-0.1, -0.05) is 29.8 Å². The summed E-state index contributed by atoms with van der Waals surface area (Å²) in [5, 5.41) is 8.73. The number of hydrogen-bond acceptors (Lipinski definition) is 3. The molecule has 0 bridgehead atoms. The highest BCUT2D eigenvalue weighted by Gasteiger charge is 2.18. The van der Waals surface area contributed by atoms with E-state index in [0.29, 0.717) is 5.69 Å². The monoisotopic (exact) mass is 355 g/mol. The number of halogens is 1. The summed E-state index contributed by atoms with van der Waals surface area (Å²) in [7, 11) is -3.95. The molecule has 0 atom stereocenters. The lowest BCUT2D eigenvalue weighted by Gasteiger charge is -2.07. The van der Waals surface area contributed by atoms with Crippen molar-refractivity contribution >= 4 is 15.7 Å². The van der Waals surface area contributed by atoms with Gasteiger partial charge in [-0.25, -0.2) is 12.8 Å². The Bertz CT molecular complexity index is 1060. The zero-order valence-electron chi connectivity index (χ0n) is 13.2. The van der Waals surface area contributed by atoms with Gasteiger partial charge in [-0.15, -0.1) is 0 Å². The standard InChI is InChI=1S/C18H14FN3O2S/c1-12-2-5-14(6-3-12)18-9-15(11-21-18)25(23,24)22-17-7-4-13(10-20)8-16(17)19/h2-9,11,21-22H,1H3. The van der Waals surface area contributed by atoms with E-state index in [0.717, 1.165) is 17.2 Å². The first-order valence-corrected chi connectivity index (χ1v) is 8.85. The lowest BCUT2D eigenvalue weighted by molar-refractivity contribution is 0.598. The molecule has 7 heteroatoms. The third-order valence-corrected chi connectivity index (χ3v) is 5.02. The van der Waals surface area contributed by atoms with E-state index in [-0.39, 0.29) is 16.1 Å². The molecule has 1 aromatic heterocycles. The van der Waals surface area contributed by atoms with Crippen molar-refractivity contribution < 1.29 is 12.8 Å². The second-order valence-electron chi connectivity index (χ2n) is 5.53. The van der Waals surface area contributed by atoms with Crippen molar-refractivity contribution in [3.05, 3.63) is 71.7 Å². The van der Waals surface area contributed by atoms with Crippen LogP contribution in [0.2, 0.25) is 0 Å². The Kier molecular flexibility index (Phi) is 4.30. The topological polar surface area (TPSA) is 85.8 Å². The van der Waals surface area contributed by atoms with Crippen molar-refractivity contribution in [1.29, 1.82) is 5.26 Å². The lowest BCUT2D eigenvalue weighted by Crippen LogP contribution is -2.13. The normalized spacial score (nSPS) is 11.1. The van der Waals surface area contributed by atoms with Gasteiger partial charge < -0.3 is 4.98 Å². The molecule has 0 aliphatic carbocycles. The molecule has 0 aliphatic rings. The number of nitrogens with zero attached hydrogens (tertiary/aromatic N) is 1. The Morgan fingerprint density at radius 2 is 1.84 bits per heavy atom. The molecule has 3 aromatic rings. The number of H-pyrrole nitrogens is 1. The van der Waals surface area contributed by atoms with Crippen molar-refractivity contribution in [2.24, 2.45) is 0 Å². The number of sulfonamides is 1. The fraction of sp³-hybridized carbons (Fsp3) is 0.0556. The molecule has 2 aromatic carbocycles. The zero-order valence-corrected chi connectivity index (χ0v) is 14.1. The highest BCUT2D eigenvalue weighted by atomic mass is 32.2. The molecule has 0 aliphatic heterocycles. The highest BCUT2D eigenvalue weighted by Crippen LogP contribution is 2.24. The van der Waals surface area contributed by atoms with Gasteiger partial charge in [-0.05, 0) is 36.8 Å². The number of aryl methyl sites for hydroxylation is 1. The lowest BCUT2D eigenvalue weighted by atomic mass is 10.1. The van der Waals surface area contributed by atoms with Crippen LogP contribution < -0.4 is 4.72 Å². The van der Waals surface area contributed by atoms with Crippen molar-refractivity contribution in [2.45, 2.75) is 11.8 Å². The first-order chi connectivity index (χ1) is 11.9. The van der Waals surface area contributed by atoms with E-state index < -0.39 is 15.8 Å². The highest BCUT2D eigenvalue weighted by molar-refractivity contribution is 7.92. The van der Waals surface area contributed by atoms with Gasteiger partial charge in [0.05, 0.1) is 17.3 Å². The fourth-order valence-corrected chi connectivity index (χ4v) is 3.36. The number of hydrogen-bond donors (Lipinski definition) is 2. The van der Waals surface area contributed by atoms with E-state index in [1.165, 1.54) is 24.4 Å². The van der Waals surface area contributed by atoms with E-state index in [4.69, 9.17) is 5.26 Å². The van der Waals surface area contributed by atoms with Crippen LogP contribution >= 0.6 is 0 Å². The minimum Gasteiger partial charge on any atom is -0.360 e. The summed E-state index contributed by atoms with van der Waals surface area (Å²) in [6.45, 7) is 1.96. The van der Waals surface area contributed by atoms with Crippen LogP contribution in [0.1, 0.15) is 11.1 Å². The molecule has 0 fully saturated rings. The Labute approximate surface area is 144 Å². The molecular weight excluding hydrogens is 341 g/mol. The quantitative estimate of drug-likeness (QED) is 0.746. The van der Waals surface area contributed by atoms with Gasteiger partial charge >= 0.3 is 0 Å². The van der Waals surface area contributed by atoms with Crippen molar-refractivity contribution in [1.82, 2.24) is 4.98 Å². The molecule has 0 saturated heterocycles. The van der Waals surface area contributed by atoms with E-state index in [1.807, 2.05) is 31.2 Å². The molecule has 25 heavy (non-hydrogen) atoms. The largest absolute Gasteiger partial charge is 0.360 e. The first kappa shape index (κ1) is 16.7. The van der Waals surface area contributed by atoms with Crippen molar-refractivity contribution in [3.63, 3.8) is 0 Å². The number of nitriles is 1. The van der Waals surface area contributed by atoms with Crippen LogP contribution in [0.4, 0.5) is 10.1 Å². The third-order valence-electron chi connectivity index (χ3n) is 3.67. The van der Waals surface area contributed by atoms with Crippen molar-refractivity contribution in [2.75, 3.05) is 4.72 Å². The Balaban J connectivity index is 1.88. The van der Waals surface area contributed by atoms with Gasteiger partial charge in [-0.2, -0.15) is 5.26 Å². The summed E-state index contributed by atoms with van der Waals surface area (Å²) < 4.78 is 41.0. The molecule has 0 spiro atoms. The molecule has 1 heterocycles. The Morgan fingerprint density at radius 1 is 1.12 bits per heavy atom. The number of aromatic amines is 1. The van der Waals surface area contributed by atoms with Gasteiger partial charge in [0.25, 0.3) is 10.0 Å². The Morgan fingerprint density at radius 3 is 2.48 bits per heavy atom. The van der Waals surface area contributed by atoms with Crippen LogP contribution in [-0.2, 0) is 10.0 Å². The summed E-state index contributed by atoms with van der Waals surface area (Å²) in [6.07, 6.45) is 1.35. The van der Waals surface area contributed by atoms with Gasteiger partial charge in [0.1, 0.15) is 10.7 Å². The number of anilines is 1. The van der Waals surface area contributed by atoms with Gasteiger partial charge in [0, 0.05) is 11.9 Å². The maximum absolute atomic E-state index is 13.9. The van der Waals surface area contributed by atoms with Crippen LogP contribution in [-0.4, -0.2) is 13.4 Å². The molecule has 126 valence electrons. The molecule has 0 saturated carbocycles. The van der Waals surface area contributed by atoms with Crippen LogP contribution in [0.3, 0.4) is 0 Å². The summed E-state index contributed by atoms with van der Waals surface area (Å²) in [5.74, 6) is -0.808. The zero-order chi connectivity index (χ0) is 18.0. The molecule has 3 rings (SSSR count). The summed E-state index contributed by atoms with van der Waals surface area (Å²) >= 11 is 0. The van der Waals surface area contributed by atoms with E-state index >= 15 is 0 Å². The fourth-order valence-electron chi connectivity index (χ4n) is 2.30. The minimum atomic E-state index is -3.95. The second-order valence-corrected chi connectivity index (χ2v) is 7.21. The molecule has 5 nitrogen and oxygen atoms in total. The van der Waals surface area contributed by atoms with Crippen LogP contribution in [0, 0.1) is 24.1 Å². The van der Waals surface area contributed by atoms with Crippen LogP contribution in [0.25, 0.3) is 11.3 Å². The molecule has 2 N–H and O–H groups in total. The van der Waals surface area contributed by atoms with Gasteiger partial charge in [0.15, 0.2) is 0 Å². The molecule has 0 unspecified atom stereocenters. The summed E-state index contributed by atoms with van der Waals surface area (Å²) in [5.41, 5.74) is 2.49. The molecule has 0 radical (unpaired) electrons. The number of rotatable bonds is 4. The van der Waals surface area contributed by atoms with E-state index in [2.05, 4.69) is 9.71 Å². The van der Waals surface area contributed by atoms with Gasteiger partial charge in [-0.3, -0.25) is 4.72 Å². The summed E-state index contributed by atoms with van der Waals surface area (Å²) in [4.78, 5) is 2.90. The van der Waals surface area contributed by atoms with Crippen LogP contribution in [0.15, 0.2) is 59.6 Å². The maximum Gasteiger partial charge on any atom is 0.263 e. The Hall–Kier alpha value is -3.11. The predicted octanol–water partition coefficient (Wildman–Crippen LogP) is 3.80. The SMILES string of the molecule is Cc1ccc(-c2cc(S(=O)(=O)Nc3ccc(C#N)cc3F)c[nH]2)cc1. The van der Waals surface area contributed by atoms with Crippen LogP contribution in [0.5, 0.6) is 0 Å². The number of nitrogens with one attached hydrogen (secondary N) is 2. The predicted molar refractivity (Wildman–Crippen MR) is 92.9 cm³/mol. The van der Waals surface area contributed by atoms with Gasteiger partial charge in [0.2, 0.25) is 0 Å². The third kappa shape index (κ3) is 3.54. The molecule has 0 amide bonds. The van der Waals surface area contributed by atoms with E-state index in [9.17, 15) is 12.8 Å². The summed E-state index contributed by atoms with van der Waals surface area (Å²) in [6, 6.07) is 14.4. The smallest absolute Gasteiger partial charge is 0.263 e. The average Bonchev–Trinajstić information content (AvgIpc) is 3.08. The average molecular weight is 355 g/mol. The molecular formula is C18H14FN3O2S. The number of benzene rings is 2. The van der Waals surface area contributed by atoms with Crippen molar-refractivity contribution in [3.8, 4) is 17.3 Å². The first-order valence-electron chi connectivity index (χ1n) is 7.37.